The van der Waals surface area contributed by atoms with Crippen LogP contribution in [0.5, 0.6) is 5.75 Å². The third-order valence-electron chi connectivity index (χ3n) is 5.02. The molecule has 1 saturated heterocycles. The summed E-state index contributed by atoms with van der Waals surface area (Å²) in [6.07, 6.45) is 0.424. The molecule has 0 radical (unpaired) electrons. The van der Waals surface area contributed by atoms with Crippen LogP contribution in [0.15, 0.2) is 47.6 Å². The van der Waals surface area contributed by atoms with Gasteiger partial charge in [-0.15, -0.1) is 0 Å². The molecule has 2 heterocycles. The predicted molar refractivity (Wildman–Crippen MR) is 125 cm³/mol. The summed E-state index contributed by atoms with van der Waals surface area (Å²) < 4.78 is 11.3. The van der Waals surface area contributed by atoms with Crippen molar-refractivity contribution in [2.24, 2.45) is 0 Å². The van der Waals surface area contributed by atoms with Gasteiger partial charge in [-0.3, -0.25) is 4.79 Å². The van der Waals surface area contributed by atoms with Crippen molar-refractivity contribution in [3.8, 4) is 5.75 Å². The highest BCUT2D eigenvalue weighted by molar-refractivity contribution is 7.99. The normalized spacial score (nSPS) is 18.9. The molecule has 1 aliphatic heterocycles. The molecular formula is C23H28N4O3S. The van der Waals surface area contributed by atoms with E-state index >= 15 is 0 Å². The molecule has 2 unspecified atom stereocenters. The molecule has 2 N–H and O–H groups in total. The molecule has 0 spiro atoms. The van der Waals surface area contributed by atoms with Crippen LogP contribution in [0.3, 0.4) is 0 Å². The van der Waals surface area contributed by atoms with E-state index in [0.717, 1.165) is 41.2 Å². The molecule has 2 atom stereocenters. The summed E-state index contributed by atoms with van der Waals surface area (Å²) >= 11 is 1.38. The SMILES string of the molecule is CCOc1ccc2nc(SCC(=O)Nc3ccc(N4CC(C)OC(C)C4)cc3)[nH]c2c1. The molecule has 2 aromatic carbocycles. The summed E-state index contributed by atoms with van der Waals surface area (Å²) in [5.74, 6) is 1.01. The van der Waals surface area contributed by atoms with E-state index in [0.29, 0.717) is 11.8 Å². The van der Waals surface area contributed by atoms with E-state index in [2.05, 4.69) is 34.0 Å². The average Bonchev–Trinajstić information content (AvgIpc) is 3.15. The van der Waals surface area contributed by atoms with E-state index in [1.165, 1.54) is 11.8 Å². The van der Waals surface area contributed by atoms with E-state index in [9.17, 15) is 4.79 Å². The zero-order chi connectivity index (χ0) is 21.8. The number of thioether (sulfide) groups is 1. The van der Waals surface area contributed by atoms with Gasteiger partial charge in [0.25, 0.3) is 0 Å². The summed E-state index contributed by atoms with van der Waals surface area (Å²) in [5, 5.41) is 3.67. The van der Waals surface area contributed by atoms with Gasteiger partial charge in [-0.05, 0) is 57.2 Å². The smallest absolute Gasteiger partial charge is 0.234 e. The first-order valence-corrected chi connectivity index (χ1v) is 11.5. The average molecular weight is 441 g/mol. The van der Waals surface area contributed by atoms with Crippen molar-refractivity contribution < 1.29 is 14.3 Å². The number of ether oxygens (including phenoxy) is 2. The highest BCUT2D eigenvalue weighted by Gasteiger charge is 2.22. The predicted octanol–water partition coefficient (Wildman–Crippen LogP) is 4.31. The second-order valence-corrected chi connectivity index (χ2v) is 8.66. The molecule has 0 bridgehead atoms. The number of carbonyl (C=O) groups is 1. The Kier molecular flexibility index (Phi) is 6.67. The molecule has 164 valence electrons. The van der Waals surface area contributed by atoms with Crippen LogP contribution in [-0.2, 0) is 9.53 Å². The molecule has 1 fully saturated rings. The topological polar surface area (TPSA) is 79.5 Å². The van der Waals surface area contributed by atoms with Gasteiger partial charge in [-0.2, -0.15) is 0 Å². The summed E-state index contributed by atoms with van der Waals surface area (Å²) in [4.78, 5) is 22.5. The number of nitrogens with zero attached hydrogens (tertiary/aromatic N) is 2. The number of hydrogen-bond donors (Lipinski definition) is 2. The number of anilines is 2. The van der Waals surface area contributed by atoms with Crippen molar-refractivity contribution in [3.63, 3.8) is 0 Å². The van der Waals surface area contributed by atoms with Gasteiger partial charge >= 0.3 is 0 Å². The summed E-state index contributed by atoms with van der Waals surface area (Å²) in [7, 11) is 0. The maximum absolute atomic E-state index is 12.4. The van der Waals surface area contributed by atoms with Gasteiger partial charge in [0.05, 0.1) is 35.6 Å². The van der Waals surface area contributed by atoms with E-state index in [4.69, 9.17) is 9.47 Å². The Balaban J connectivity index is 1.31. The number of imidazole rings is 1. The maximum atomic E-state index is 12.4. The Morgan fingerprint density at radius 1 is 1.23 bits per heavy atom. The molecule has 0 aliphatic carbocycles. The fourth-order valence-electron chi connectivity index (χ4n) is 3.77. The number of amides is 1. The van der Waals surface area contributed by atoms with Crippen LogP contribution in [0.2, 0.25) is 0 Å². The van der Waals surface area contributed by atoms with Gasteiger partial charge in [0.2, 0.25) is 5.91 Å². The van der Waals surface area contributed by atoms with E-state index < -0.39 is 0 Å². The minimum Gasteiger partial charge on any atom is -0.494 e. The number of hydrogen-bond acceptors (Lipinski definition) is 6. The molecule has 1 aromatic heterocycles. The number of H-pyrrole nitrogens is 1. The molecular weight excluding hydrogens is 412 g/mol. The molecule has 7 nitrogen and oxygen atoms in total. The molecule has 8 heteroatoms. The first kappa shape index (κ1) is 21.5. The van der Waals surface area contributed by atoms with Crippen LogP contribution in [0, 0.1) is 0 Å². The third kappa shape index (κ3) is 5.51. The fourth-order valence-corrected chi connectivity index (χ4v) is 4.45. The van der Waals surface area contributed by atoms with Gasteiger partial charge in [-0.25, -0.2) is 4.98 Å². The highest BCUT2D eigenvalue weighted by Crippen LogP contribution is 2.25. The van der Waals surface area contributed by atoms with Crippen molar-refractivity contribution in [1.29, 1.82) is 0 Å². The molecule has 0 saturated carbocycles. The fraction of sp³-hybridized carbons (Fsp3) is 0.391. The Hall–Kier alpha value is -2.71. The monoisotopic (exact) mass is 440 g/mol. The van der Waals surface area contributed by atoms with Gasteiger partial charge in [-0.1, -0.05) is 11.8 Å². The van der Waals surface area contributed by atoms with Crippen LogP contribution < -0.4 is 15.0 Å². The zero-order valence-corrected chi connectivity index (χ0v) is 18.9. The van der Waals surface area contributed by atoms with Gasteiger partial charge in [0.15, 0.2) is 5.16 Å². The van der Waals surface area contributed by atoms with Crippen molar-refractivity contribution >= 4 is 40.1 Å². The van der Waals surface area contributed by atoms with Crippen molar-refractivity contribution in [2.75, 3.05) is 35.7 Å². The molecule has 1 amide bonds. The first-order chi connectivity index (χ1) is 15.0. The minimum absolute atomic E-state index is 0.0678. The van der Waals surface area contributed by atoms with Crippen LogP contribution >= 0.6 is 11.8 Å². The van der Waals surface area contributed by atoms with Crippen molar-refractivity contribution in [1.82, 2.24) is 9.97 Å². The Labute approximate surface area is 186 Å². The number of rotatable bonds is 7. The Bertz CT molecular complexity index is 1030. The van der Waals surface area contributed by atoms with Crippen molar-refractivity contribution in [2.45, 2.75) is 38.1 Å². The Morgan fingerprint density at radius 2 is 1.97 bits per heavy atom. The lowest BCUT2D eigenvalue weighted by molar-refractivity contribution is -0.113. The molecule has 4 rings (SSSR count). The second-order valence-electron chi connectivity index (χ2n) is 7.70. The number of nitrogens with one attached hydrogen (secondary N) is 2. The van der Waals surface area contributed by atoms with Crippen molar-refractivity contribution in [3.05, 3.63) is 42.5 Å². The number of fused-ring (bicyclic) bond motifs is 1. The van der Waals surface area contributed by atoms with Crippen LogP contribution in [0.1, 0.15) is 20.8 Å². The zero-order valence-electron chi connectivity index (χ0n) is 18.1. The molecule has 31 heavy (non-hydrogen) atoms. The quantitative estimate of drug-likeness (QED) is 0.533. The Morgan fingerprint density at radius 3 is 2.68 bits per heavy atom. The lowest BCUT2D eigenvalue weighted by atomic mass is 10.2. The molecule has 1 aliphatic rings. The standard InChI is InChI=1S/C23H28N4O3S/c1-4-29-19-9-10-20-21(11-19)26-23(25-20)31-14-22(28)24-17-5-7-18(8-6-17)27-12-15(2)30-16(3)13-27/h5-11,15-16H,4,12-14H2,1-3H3,(H,24,28)(H,25,26). The number of benzene rings is 2. The molecule has 3 aromatic rings. The van der Waals surface area contributed by atoms with Gasteiger partial charge in [0.1, 0.15) is 5.75 Å². The van der Waals surface area contributed by atoms with Crippen LogP contribution in [0.25, 0.3) is 11.0 Å². The highest BCUT2D eigenvalue weighted by atomic mass is 32.2. The summed E-state index contributed by atoms with van der Waals surface area (Å²) in [5.41, 5.74) is 3.68. The van der Waals surface area contributed by atoms with E-state index in [1.54, 1.807) is 0 Å². The largest absolute Gasteiger partial charge is 0.494 e. The second kappa shape index (κ2) is 9.62. The van der Waals surface area contributed by atoms with Crippen LogP contribution in [-0.4, -0.2) is 53.5 Å². The van der Waals surface area contributed by atoms with Gasteiger partial charge in [0, 0.05) is 30.5 Å². The lowest BCUT2D eigenvalue weighted by Crippen LogP contribution is -2.45. The van der Waals surface area contributed by atoms with E-state index in [-0.39, 0.29) is 23.9 Å². The number of aromatic amines is 1. The first-order valence-electron chi connectivity index (χ1n) is 10.6. The van der Waals surface area contributed by atoms with E-state index in [1.807, 2.05) is 49.4 Å². The lowest BCUT2D eigenvalue weighted by Gasteiger charge is -2.36. The minimum atomic E-state index is -0.0678. The van der Waals surface area contributed by atoms with Crippen LogP contribution in [0.4, 0.5) is 11.4 Å². The summed E-state index contributed by atoms with van der Waals surface area (Å²) in [6, 6.07) is 13.7. The number of carbonyl (C=O) groups excluding carboxylic acids is 1. The number of aromatic nitrogens is 2. The summed E-state index contributed by atoms with van der Waals surface area (Å²) in [6.45, 7) is 8.50. The van der Waals surface area contributed by atoms with Gasteiger partial charge < -0.3 is 24.7 Å². The maximum Gasteiger partial charge on any atom is 0.234 e. The third-order valence-corrected chi connectivity index (χ3v) is 5.89. The number of morpholine rings is 1.